The molecule has 0 atom stereocenters. The number of aliphatic imine (C=N–C) groups is 1. The van der Waals surface area contributed by atoms with Crippen LogP contribution < -0.4 is 20.1 Å². The standard InChI is InChI=1S/C22H31N3O3.HI/c1-5-13-27-16-18-10-8-7-9-17(18)15-24-22(23-3)25-19-11-12-20(26-4)21(14-19)28-6-2;/h7-12,14H,5-6,13,15-16H2,1-4H3,(H2,23,24,25);1H. The fraction of sp³-hybridized carbons (Fsp3) is 0.409. The maximum Gasteiger partial charge on any atom is 0.195 e. The average molecular weight is 513 g/mol. The average Bonchev–Trinajstić information content (AvgIpc) is 2.72. The van der Waals surface area contributed by atoms with Crippen LogP contribution in [0.15, 0.2) is 47.5 Å². The summed E-state index contributed by atoms with van der Waals surface area (Å²) >= 11 is 0. The van der Waals surface area contributed by atoms with Crippen molar-refractivity contribution in [2.45, 2.75) is 33.4 Å². The van der Waals surface area contributed by atoms with Crippen molar-refractivity contribution in [3.63, 3.8) is 0 Å². The summed E-state index contributed by atoms with van der Waals surface area (Å²) in [6, 6.07) is 14.0. The first kappa shape index (κ1) is 25.0. The Hall–Kier alpha value is -2.00. The number of nitrogens with zero attached hydrogens (tertiary/aromatic N) is 1. The molecule has 0 aliphatic heterocycles. The molecule has 0 amide bonds. The van der Waals surface area contributed by atoms with E-state index in [9.17, 15) is 0 Å². The van der Waals surface area contributed by atoms with Crippen LogP contribution in [0, 0.1) is 0 Å². The Balaban J connectivity index is 0.00000420. The van der Waals surface area contributed by atoms with E-state index in [-0.39, 0.29) is 24.0 Å². The summed E-state index contributed by atoms with van der Waals surface area (Å²) in [5, 5.41) is 6.65. The van der Waals surface area contributed by atoms with Gasteiger partial charge in [-0.3, -0.25) is 4.99 Å². The van der Waals surface area contributed by atoms with Crippen LogP contribution in [0.3, 0.4) is 0 Å². The molecular formula is C22H32IN3O3. The quantitative estimate of drug-likeness (QED) is 0.206. The Bertz CT molecular complexity index is 769. The lowest BCUT2D eigenvalue weighted by Gasteiger charge is -2.16. The second-order valence-corrected chi connectivity index (χ2v) is 6.17. The second-order valence-electron chi connectivity index (χ2n) is 6.17. The van der Waals surface area contributed by atoms with Crippen LogP contribution in [-0.4, -0.2) is 33.3 Å². The molecule has 0 aromatic heterocycles. The molecule has 0 fully saturated rings. The van der Waals surface area contributed by atoms with Crippen molar-refractivity contribution in [2.75, 3.05) is 32.7 Å². The van der Waals surface area contributed by atoms with E-state index >= 15 is 0 Å². The van der Waals surface area contributed by atoms with Gasteiger partial charge in [-0.1, -0.05) is 31.2 Å². The zero-order chi connectivity index (χ0) is 20.2. The summed E-state index contributed by atoms with van der Waals surface area (Å²) in [6.07, 6.45) is 1.02. The molecule has 2 N–H and O–H groups in total. The predicted octanol–water partition coefficient (Wildman–Crippen LogP) is 4.83. The van der Waals surface area contributed by atoms with E-state index in [1.807, 2.05) is 37.3 Å². The van der Waals surface area contributed by atoms with Crippen LogP contribution in [0.1, 0.15) is 31.4 Å². The lowest BCUT2D eigenvalue weighted by atomic mass is 10.1. The highest BCUT2D eigenvalue weighted by Gasteiger charge is 2.08. The summed E-state index contributed by atoms with van der Waals surface area (Å²) in [4.78, 5) is 4.31. The molecule has 0 saturated carbocycles. The molecule has 0 radical (unpaired) electrons. The minimum Gasteiger partial charge on any atom is -0.493 e. The Morgan fingerprint density at radius 3 is 2.45 bits per heavy atom. The molecule has 0 spiro atoms. The number of hydrogen-bond acceptors (Lipinski definition) is 4. The summed E-state index contributed by atoms with van der Waals surface area (Å²) in [5.41, 5.74) is 3.24. The fourth-order valence-corrected chi connectivity index (χ4v) is 2.71. The summed E-state index contributed by atoms with van der Waals surface area (Å²) in [7, 11) is 3.38. The van der Waals surface area contributed by atoms with E-state index < -0.39 is 0 Å². The van der Waals surface area contributed by atoms with Crippen molar-refractivity contribution >= 4 is 35.6 Å². The molecule has 0 aliphatic carbocycles. The number of rotatable bonds is 10. The number of methoxy groups -OCH3 is 1. The third-order valence-electron chi connectivity index (χ3n) is 4.12. The number of benzene rings is 2. The molecule has 2 rings (SSSR count). The highest BCUT2D eigenvalue weighted by atomic mass is 127. The van der Waals surface area contributed by atoms with Gasteiger partial charge < -0.3 is 24.8 Å². The van der Waals surface area contributed by atoms with Gasteiger partial charge in [0, 0.05) is 32.0 Å². The molecular weight excluding hydrogens is 481 g/mol. The number of ether oxygens (including phenoxy) is 3. The first-order chi connectivity index (χ1) is 13.7. The van der Waals surface area contributed by atoms with Crippen LogP contribution in [0.5, 0.6) is 11.5 Å². The van der Waals surface area contributed by atoms with Gasteiger partial charge in [-0.15, -0.1) is 24.0 Å². The fourth-order valence-electron chi connectivity index (χ4n) is 2.71. The first-order valence-electron chi connectivity index (χ1n) is 9.64. The normalized spacial score (nSPS) is 10.8. The lowest BCUT2D eigenvalue weighted by molar-refractivity contribution is 0.121. The molecule has 0 aliphatic rings. The minimum atomic E-state index is 0. The molecule has 0 heterocycles. The Kier molecular flexibility index (Phi) is 12.1. The highest BCUT2D eigenvalue weighted by Crippen LogP contribution is 2.30. The van der Waals surface area contributed by atoms with Crippen molar-refractivity contribution in [1.29, 1.82) is 0 Å². The largest absolute Gasteiger partial charge is 0.493 e. The Labute approximate surface area is 191 Å². The van der Waals surface area contributed by atoms with Gasteiger partial charge in [0.25, 0.3) is 0 Å². The number of guanidine groups is 1. The molecule has 7 heteroatoms. The van der Waals surface area contributed by atoms with Gasteiger partial charge in [-0.2, -0.15) is 0 Å². The lowest BCUT2D eigenvalue weighted by Crippen LogP contribution is -2.30. The topological polar surface area (TPSA) is 64.1 Å². The van der Waals surface area contributed by atoms with Crippen molar-refractivity contribution in [3.8, 4) is 11.5 Å². The number of nitrogens with one attached hydrogen (secondary N) is 2. The van der Waals surface area contributed by atoms with Gasteiger partial charge in [0.05, 0.1) is 20.3 Å². The number of halogens is 1. The van der Waals surface area contributed by atoms with Crippen LogP contribution >= 0.6 is 24.0 Å². The van der Waals surface area contributed by atoms with Gasteiger partial charge in [0.1, 0.15) is 0 Å². The van der Waals surface area contributed by atoms with E-state index in [1.165, 1.54) is 11.1 Å². The van der Waals surface area contributed by atoms with E-state index in [2.05, 4.69) is 34.7 Å². The van der Waals surface area contributed by atoms with E-state index in [4.69, 9.17) is 14.2 Å². The van der Waals surface area contributed by atoms with Gasteiger partial charge in [-0.25, -0.2) is 0 Å². The minimum absolute atomic E-state index is 0. The number of anilines is 1. The maximum atomic E-state index is 5.70. The first-order valence-corrected chi connectivity index (χ1v) is 9.64. The predicted molar refractivity (Wildman–Crippen MR) is 130 cm³/mol. The van der Waals surface area contributed by atoms with E-state index in [0.717, 1.165) is 18.7 Å². The van der Waals surface area contributed by atoms with Gasteiger partial charge in [0.2, 0.25) is 0 Å². The third kappa shape index (κ3) is 8.10. The molecule has 160 valence electrons. The summed E-state index contributed by atoms with van der Waals surface area (Å²) in [6.45, 7) is 6.67. The summed E-state index contributed by atoms with van der Waals surface area (Å²) < 4.78 is 16.7. The number of hydrogen-bond donors (Lipinski definition) is 2. The van der Waals surface area contributed by atoms with Crippen LogP contribution in [-0.2, 0) is 17.9 Å². The van der Waals surface area contributed by atoms with Crippen LogP contribution in [0.2, 0.25) is 0 Å². The van der Waals surface area contributed by atoms with E-state index in [0.29, 0.717) is 37.2 Å². The van der Waals surface area contributed by atoms with Gasteiger partial charge in [-0.05, 0) is 36.6 Å². The second kappa shape index (κ2) is 14.1. The Morgan fingerprint density at radius 2 is 1.79 bits per heavy atom. The smallest absolute Gasteiger partial charge is 0.195 e. The van der Waals surface area contributed by atoms with Crippen molar-refractivity contribution in [1.82, 2.24) is 5.32 Å². The third-order valence-corrected chi connectivity index (χ3v) is 4.12. The summed E-state index contributed by atoms with van der Waals surface area (Å²) in [5.74, 6) is 2.08. The van der Waals surface area contributed by atoms with E-state index in [1.54, 1.807) is 14.2 Å². The van der Waals surface area contributed by atoms with Crippen molar-refractivity contribution < 1.29 is 14.2 Å². The molecule has 29 heavy (non-hydrogen) atoms. The molecule has 0 unspecified atom stereocenters. The zero-order valence-electron chi connectivity index (χ0n) is 17.7. The zero-order valence-corrected chi connectivity index (χ0v) is 20.0. The Morgan fingerprint density at radius 1 is 1.03 bits per heavy atom. The van der Waals surface area contributed by atoms with Crippen molar-refractivity contribution in [3.05, 3.63) is 53.6 Å². The monoisotopic (exact) mass is 513 g/mol. The highest BCUT2D eigenvalue weighted by molar-refractivity contribution is 14.0. The van der Waals surface area contributed by atoms with Gasteiger partial charge in [0.15, 0.2) is 17.5 Å². The molecule has 0 saturated heterocycles. The molecule has 0 bridgehead atoms. The van der Waals surface area contributed by atoms with Gasteiger partial charge >= 0.3 is 0 Å². The maximum absolute atomic E-state index is 5.70. The van der Waals surface area contributed by atoms with Crippen molar-refractivity contribution in [2.24, 2.45) is 4.99 Å². The van der Waals surface area contributed by atoms with Crippen LogP contribution in [0.25, 0.3) is 0 Å². The molecule has 2 aromatic rings. The molecule has 6 nitrogen and oxygen atoms in total. The van der Waals surface area contributed by atoms with Crippen LogP contribution in [0.4, 0.5) is 5.69 Å². The SMILES string of the molecule is CCCOCc1ccccc1CNC(=NC)Nc1ccc(OC)c(OCC)c1.I. The molecule has 2 aromatic carbocycles.